The number of nitrogens with zero attached hydrogens (tertiary/aromatic N) is 2. The van der Waals surface area contributed by atoms with E-state index in [0.717, 1.165) is 44.4 Å². The number of likely N-dealkylation sites (tertiary alicyclic amines) is 1. The van der Waals surface area contributed by atoms with E-state index < -0.39 is 0 Å². The van der Waals surface area contributed by atoms with E-state index in [4.69, 9.17) is 9.47 Å². The quantitative estimate of drug-likeness (QED) is 0.518. The van der Waals surface area contributed by atoms with Crippen molar-refractivity contribution in [2.24, 2.45) is 10.9 Å². The van der Waals surface area contributed by atoms with E-state index in [-0.39, 0.29) is 0 Å². The lowest BCUT2D eigenvalue weighted by atomic mass is 9.97. The number of aliphatic imine (C=N–C) groups is 1. The van der Waals surface area contributed by atoms with Crippen LogP contribution in [0.2, 0.25) is 0 Å². The molecule has 0 spiro atoms. The fourth-order valence-corrected chi connectivity index (χ4v) is 3.21. The molecule has 2 rings (SSSR count). The van der Waals surface area contributed by atoms with Gasteiger partial charge in [-0.15, -0.1) is 0 Å². The van der Waals surface area contributed by atoms with Gasteiger partial charge in [-0.25, -0.2) is 0 Å². The number of hydrogen-bond acceptors (Lipinski definition) is 4. The summed E-state index contributed by atoms with van der Waals surface area (Å²) in [4.78, 5) is 6.82. The molecule has 1 fully saturated rings. The van der Waals surface area contributed by atoms with E-state index >= 15 is 0 Å². The number of benzene rings is 1. The van der Waals surface area contributed by atoms with Crippen LogP contribution < -0.4 is 15.4 Å². The first-order valence-corrected chi connectivity index (χ1v) is 9.54. The topological polar surface area (TPSA) is 58.1 Å². The van der Waals surface area contributed by atoms with Gasteiger partial charge < -0.3 is 25.0 Å². The van der Waals surface area contributed by atoms with E-state index in [1.54, 1.807) is 14.2 Å². The minimum absolute atomic E-state index is 0.717. The molecule has 1 aromatic carbocycles. The van der Waals surface area contributed by atoms with Gasteiger partial charge in [0.1, 0.15) is 5.75 Å². The summed E-state index contributed by atoms with van der Waals surface area (Å²) in [6.07, 6.45) is 3.43. The monoisotopic (exact) mass is 362 g/mol. The number of nitrogens with one attached hydrogen (secondary N) is 2. The maximum atomic E-state index is 5.19. The summed E-state index contributed by atoms with van der Waals surface area (Å²) in [6, 6.07) is 8.21. The molecule has 2 N–H and O–H groups in total. The van der Waals surface area contributed by atoms with Gasteiger partial charge in [-0.2, -0.15) is 0 Å². The van der Waals surface area contributed by atoms with Crippen molar-refractivity contribution in [2.75, 3.05) is 60.6 Å². The summed E-state index contributed by atoms with van der Waals surface area (Å²) in [5.74, 6) is 2.50. The van der Waals surface area contributed by atoms with Crippen LogP contribution in [0, 0.1) is 5.92 Å². The van der Waals surface area contributed by atoms with Crippen LogP contribution >= 0.6 is 0 Å². The van der Waals surface area contributed by atoms with Gasteiger partial charge in [-0.1, -0.05) is 12.1 Å². The Morgan fingerprint density at radius 2 is 1.88 bits per heavy atom. The van der Waals surface area contributed by atoms with Crippen LogP contribution in [0.5, 0.6) is 5.75 Å². The van der Waals surface area contributed by atoms with Gasteiger partial charge in [0.15, 0.2) is 5.96 Å². The van der Waals surface area contributed by atoms with E-state index in [0.29, 0.717) is 5.92 Å². The number of guanidine groups is 1. The number of hydrogen-bond donors (Lipinski definition) is 2. The molecule has 26 heavy (non-hydrogen) atoms. The van der Waals surface area contributed by atoms with Gasteiger partial charge in [0.25, 0.3) is 0 Å². The van der Waals surface area contributed by atoms with Crippen LogP contribution in [-0.4, -0.2) is 71.5 Å². The predicted octanol–water partition coefficient (Wildman–Crippen LogP) is 1.76. The van der Waals surface area contributed by atoms with Crippen LogP contribution in [-0.2, 0) is 11.2 Å². The molecular formula is C20H34N4O2. The zero-order valence-corrected chi connectivity index (χ0v) is 16.5. The lowest BCUT2D eigenvalue weighted by Crippen LogP contribution is -2.43. The van der Waals surface area contributed by atoms with Crippen LogP contribution in [0.4, 0.5) is 0 Å². The largest absolute Gasteiger partial charge is 0.497 e. The van der Waals surface area contributed by atoms with Crippen molar-refractivity contribution in [3.63, 3.8) is 0 Å². The van der Waals surface area contributed by atoms with Crippen molar-refractivity contribution in [2.45, 2.75) is 19.3 Å². The molecule has 6 heteroatoms. The third-order valence-corrected chi connectivity index (χ3v) is 4.97. The first-order valence-electron chi connectivity index (χ1n) is 9.54. The summed E-state index contributed by atoms with van der Waals surface area (Å²) in [5, 5.41) is 6.88. The first-order chi connectivity index (χ1) is 12.7. The molecule has 0 amide bonds. The fourth-order valence-electron chi connectivity index (χ4n) is 3.21. The molecule has 1 aliphatic heterocycles. The summed E-state index contributed by atoms with van der Waals surface area (Å²) < 4.78 is 10.4. The second-order valence-electron chi connectivity index (χ2n) is 6.76. The van der Waals surface area contributed by atoms with Gasteiger partial charge in [-0.05, 0) is 56.0 Å². The summed E-state index contributed by atoms with van der Waals surface area (Å²) in [5.41, 5.74) is 1.29. The lowest BCUT2D eigenvalue weighted by Gasteiger charge is -2.32. The molecule has 146 valence electrons. The molecule has 1 aromatic rings. The zero-order chi connectivity index (χ0) is 18.6. The molecule has 0 radical (unpaired) electrons. The highest BCUT2D eigenvalue weighted by molar-refractivity contribution is 5.79. The average Bonchev–Trinajstić information content (AvgIpc) is 2.70. The van der Waals surface area contributed by atoms with Crippen molar-refractivity contribution in [1.29, 1.82) is 0 Å². The molecule has 1 aliphatic rings. The van der Waals surface area contributed by atoms with Gasteiger partial charge in [0.05, 0.1) is 13.7 Å². The average molecular weight is 363 g/mol. The smallest absolute Gasteiger partial charge is 0.190 e. The van der Waals surface area contributed by atoms with Crippen molar-refractivity contribution in [3.05, 3.63) is 29.8 Å². The van der Waals surface area contributed by atoms with Crippen molar-refractivity contribution >= 4 is 5.96 Å². The van der Waals surface area contributed by atoms with Crippen LogP contribution in [0.25, 0.3) is 0 Å². The maximum Gasteiger partial charge on any atom is 0.190 e. The maximum absolute atomic E-state index is 5.19. The second kappa shape index (κ2) is 11.8. The Hall–Kier alpha value is -1.79. The zero-order valence-electron chi connectivity index (χ0n) is 16.5. The van der Waals surface area contributed by atoms with Gasteiger partial charge in [0, 0.05) is 33.8 Å². The molecule has 0 bridgehead atoms. The highest BCUT2D eigenvalue weighted by atomic mass is 16.5. The summed E-state index contributed by atoms with van der Waals surface area (Å²) in [7, 11) is 5.29. The Morgan fingerprint density at radius 3 is 2.50 bits per heavy atom. The van der Waals surface area contributed by atoms with Crippen molar-refractivity contribution in [1.82, 2.24) is 15.5 Å². The van der Waals surface area contributed by atoms with Crippen molar-refractivity contribution < 1.29 is 9.47 Å². The van der Waals surface area contributed by atoms with E-state index in [1.165, 1.54) is 31.5 Å². The number of piperidine rings is 1. The van der Waals surface area contributed by atoms with E-state index in [2.05, 4.69) is 32.7 Å². The van der Waals surface area contributed by atoms with E-state index in [9.17, 15) is 0 Å². The summed E-state index contributed by atoms with van der Waals surface area (Å²) >= 11 is 0. The van der Waals surface area contributed by atoms with Gasteiger partial charge in [0.2, 0.25) is 0 Å². The van der Waals surface area contributed by atoms with E-state index in [1.807, 2.05) is 19.2 Å². The predicted molar refractivity (Wildman–Crippen MR) is 107 cm³/mol. The van der Waals surface area contributed by atoms with Gasteiger partial charge in [-0.3, -0.25) is 4.99 Å². The molecule has 6 nitrogen and oxygen atoms in total. The molecule has 0 saturated carbocycles. The first kappa shape index (κ1) is 20.5. The van der Waals surface area contributed by atoms with Crippen LogP contribution in [0.15, 0.2) is 29.3 Å². The second-order valence-corrected chi connectivity index (χ2v) is 6.76. The highest BCUT2D eigenvalue weighted by Crippen LogP contribution is 2.16. The molecular weight excluding hydrogens is 328 g/mol. The minimum Gasteiger partial charge on any atom is -0.497 e. The summed E-state index contributed by atoms with van der Waals surface area (Å²) in [6.45, 7) is 6.05. The molecule has 0 unspecified atom stereocenters. The minimum atomic E-state index is 0.717. The third-order valence-electron chi connectivity index (χ3n) is 4.97. The highest BCUT2D eigenvalue weighted by Gasteiger charge is 2.18. The fraction of sp³-hybridized carbons (Fsp3) is 0.650. The number of methoxy groups -OCH3 is 2. The normalized spacial score (nSPS) is 16.5. The Kier molecular flexibility index (Phi) is 9.28. The number of ether oxygens (including phenoxy) is 2. The Balaban J connectivity index is 1.62. The Labute approximate surface area is 158 Å². The number of rotatable bonds is 9. The Morgan fingerprint density at radius 1 is 1.15 bits per heavy atom. The SMILES string of the molecule is CN=C(NCCc1ccc(OC)cc1)NCC1CCN(CCOC)CC1. The lowest BCUT2D eigenvalue weighted by molar-refractivity contribution is 0.121. The van der Waals surface area contributed by atoms with Crippen molar-refractivity contribution in [3.8, 4) is 5.75 Å². The molecule has 1 saturated heterocycles. The standard InChI is InChI=1S/C20H34N4O2/c1-21-20(22-11-8-17-4-6-19(26-3)7-5-17)23-16-18-9-12-24(13-10-18)14-15-25-2/h4-7,18H,8-16H2,1-3H3,(H2,21,22,23). The van der Waals surface area contributed by atoms with Crippen LogP contribution in [0.3, 0.4) is 0 Å². The third kappa shape index (κ3) is 7.22. The molecule has 0 aromatic heterocycles. The Bertz CT molecular complexity index is 525. The molecule has 1 heterocycles. The van der Waals surface area contributed by atoms with Crippen LogP contribution in [0.1, 0.15) is 18.4 Å². The van der Waals surface area contributed by atoms with Gasteiger partial charge >= 0.3 is 0 Å². The molecule has 0 atom stereocenters. The molecule has 0 aliphatic carbocycles.